The van der Waals surface area contributed by atoms with Crippen LogP contribution in [0.15, 0.2) is 18.2 Å². The van der Waals surface area contributed by atoms with Crippen molar-refractivity contribution in [2.24, 2.45) is 5.92 Å². The number of unbranched alkanes of at least 4 members (excludes halogenated alkanes) is 1. The van der Waals surface area contributed by atoms with Gasteiger partial charge in [-0.2, -0.15) is 0 Å². The highest BCUT2D eigenvalue weighted by Gasteiger charge is 2.28. The van der Waals surface area contributed by atoms with Crippen molar-refractivity contribution >= 4 is 23.2 Å². The van der Waals surface area contributed by atoms with Gasteiger partial charge in [0.25, 0.3) is 0 Å². The lowest BCUT2D eigenvalue weighted by atomic mass is 9.97. The highest BCUT2D eigenvalue weighted by molar-refractivity contribution is 6.42. The maximum atomic E-state index is 9.87. The predicted molar refractivity (Wildman–Crippen MR) is 81.0 cm³/mol. The molecular weight excluding hydrogens is 281 g/mol. The van der Waals surface area contributed by atoms with E-state index < -0.39 is 0 Å². The van der Waals surface area contributed by atoms with Crippen LogP contribution in [-0.2, 0) is 6.42 Å². The Morgan fingerprint density at radius 2 is 2.00 bits per heavy atom. The van der Waals surface area contributed by atoms with E-state index in [2.05, 4.69) is 11.9 Å². The quantitative estimate of drug-likeness (QED) is 0.840. The van der Waals surface area contributed by atoms with Gasteiger partial charge in [0.2, 0.25) is 0 Å². The third kappa shape index (κ3) is 4.35. The van der Waals surface area contributed by atoms with E-state index in [0.29, 0.717) is 16.0 Å². The number of hydrogen-bond acceptors (Lipinski definition) is 2. The molecular formula is C15H21Cl2NO. The normalized spacial score (nSPS) is 24.0. The van der Waals surface area contributed by atoms with Gasteiger partial charge >= 0.3 is 0 Å². The molecule has 0 aromatic heterocycles. The van der Waals surface area contributed by atoms with Gasteiger partial charge < -0.3 is 10.0 Å². The minimum absolute atomic E-state index is 0.144. The molecule has 0 saturated carbocycles. The molecule has 0 bridgehead atoms. The SMILES string of the molecule is CN1C[C@H](CCCCc2ccc(Cl)c(Cl)c2)[C@H](O)C1. The summed E-state index contributed by atoms with van der Waals surface area (Å²) in [4.78, 5) is 2.20. The van der Waals surface area contributed by atoms with Gasteiger partial charge in [-0.05, 0) is 49.9 Å². The molecule has 2 atom stereocenters. The molecule has 0 amide bonds. The van der Waals surface area contributed by atoms with Crippen LogP contribution in [0.2, 0.25) is 10.0 Å². The van der Waals surface area contributed by atoms with E-state index in [9.17, 15) is 5.11 Å². The van der Waals surface area contributed by atoms with Crippen molar-refractivity contribution in [2.45, 2.75) is 31.8 Å². The number of halogens is 2. The zero-order chi connectivity index (χ0) is 13.8. The summed E-state index contributed by atoms with van der Waals surface area (Å²) in [5, 5.41) is 11.1. The fourth-order valence-electron chi connectivity index (χ4n) is 2.78. The molecule has 0 aliphatic carbocycles. The Kier molecular flexibility index (Phi) is 5.52. The van der Waals surface area contributed by atoms with Crippen LogP contribution >= 0.6 is 23.2 Å². The maximum absolute atomic E-state index is 9.87. The molecule has 1 aromatic carbocycles. The Labute approximate surface area is 125 Å². The van der Waals surface area contributed by atoms with Crippen LogP contribution in [0.4, 0.5) is 0 Å². The number of likely N-dealkylation sites (N-methyl/N-ethyl adjacent to an activating group) is 1. The average molecular weight is 302 g/mol. The van der Waals surface area contributed by atoms with Crippen LogP contribution in [0.25, 0.3) is 0 Å². The first-order valence-corrected chi connectivity index (χ1v) is 7.62. The number of nitrogens with zero attached hydrogens (tertiary/aromatic N) is 1. The van der Waals surface area contributed by atoms with Gasteiger partial charge in [0.1, 0.15) is 0 Å². The molecule has 0 unspecified atom stereocenters. The van der Waals surface area contributed by atoms with Crippen molar-refractivity contribution in [1.82, 2.24) is 4.90 Å². The van der Waals surface area contributed by atoms with Crippen molar-refractivity contribution in [3.05, 3.63) is 33.8 Å². The Morgan fingerprint density at radius 3 is 2.63 bits per heavy atom. The van der Waals surface area contributed by atoms with Gasteiger partial charge in [-0.25, -0.2) is 0 Å². The summed E-state index contributed by atoms with van der Waals surface area (Å²) in [6.45, 7) is 1.84. The minimum atomic E-state index is -0.144. The van der Waals surface area contributed by atoms with E-state index in [1.54, 1.807) is 0 Å². The standard InChI is InChI=1S/C15H21Cl2NO/c1-18-9-12(15(19)10-18)5-3-2-4-11-6-7-13(16)14(17)8-11/h6-8,12,15,19H,2-5,9-10H2,1H3/t12-,15+/m0/s1. The topological polar surface area (TPSA) is 23.5 Å². The Bertz CT molecular complexity index is 425. The van der Waals surface area contributed by atoms with Crippen LogP contribution in [0.3, 0.4) is 0 Å². The molecule has 1 aromatic rings. The molecule has 1 N–H and O–H groups in total. The van der Waals surface area contributed by atoms with Crippen LogP contribution in [0, 0.1) is 5.92 Å². The molecule has 1 fully saturated rings. The average Bonchev–Trinajstić information content (AvgIpc) is 2.68. The molecule has 19 heavy (non-hydrogen) atoms. The molecule has 1 heterocycles. The van der Waals surface area contributed by atoms with Crippen molar-refractivity contribution in [3.8, 4) is 0 Å². The Hall–Kier alpha value is -0.280. The van der Waals surface area contributed by atoms with Crippen molar-refractivity contribution < 1.29 is 5.11 Å². The second-order valence-electron chi connectivity index (χ2n) is 5.54. The summed E-state index contributed by atoms with van der Waals surface area (Å²) in [5.74, 6) is 0.443. The first kappa shape index (κ1) is 15.1. The van der Waals surface area contributed by atoms with E-state index in [4.69, 9.17) is 23.2 Å². The molecule has 2 rings (SSSR count). The van der Waals surface area contributed by atoms with E-state index in [0.717, 1.165) is 38.8 Å². The number of rotatable bonds is 5. The second kappa shape index (κ2) is 6.94. The number of aryl methyl sites for hydroxylation is 1. The van der Waals surface area contributed by atoms with Gasteiger partial charge in [-0.15, -0.1) is 0 Å². The highest BCUT2D eigenvalue weighted by Crippen LogP contribution is 2.25. The lowest BCUT2D eigenvalue weighted by molar-refractivity contribution is 0.138. The van der Waals surface area contributed by atoms with Gasteiger partial charge in [0.05, 0.1) is 16.1 Å². The highest BCUT2D eigenvalue weighted by atomic mass is 35.5. The van der Waals surface area contributed by atoms with Gasteiger partial charge in [0, 0.05) is 13.1 Å². The fourth-order valence-corrected chi connectivity index (χ4v) is 3.10. The number of hydrogen-bond donors (Lipinski definition) is 1. The summed E-state index contributed by atoms with van der Waals surface area (Å²) in [7, 11) is 2.07. The van der Waals surface area contributed by atoms with Gasteiger partial charge in [0.15, 0.2) is 0 Å². The van der Waals surface area contributed by atoms with E-state index in [1.165, 1.54) is 5.56 Å². The van der Waals surface area contributed by atoms with Crippen molar-refractivity contribution in [2.75, 3.05) is 20.1 Å². The number of aliphatic hydroxyl groups excluding tert-OH is 1. The summed E-state index contributed by atoms with van der Waals surface area (Å²) in [6.07, 6.45) is 4.26. The molecule has 0 spiro atoms. The Morgan fingerprint density at radius 1 is 1.21 bits per heavy atom. The largest absolute Gasteiger partial charge is 0.391 e. The molecule has 1 saturated heterocycles. The number of likely N-dealkylation sites (tertiary alicyclic amines) is 1. The predicted octanol–water partition coefficient (Wildman–Crippen LogP) is 3.63. The van der Waals surface area contributed by atoms with E-state index in [-0.39, 0.29) is 6.10 Å². The maximum Gasteiger partial charge on any atom is 0.0707 e. The van der Waals surface area contributed by atoms with E-state index in [1.807, 2.05) is 18.2 Å². The number of benzene rings is 1. The molecule has 1 aliphatic heterocycles. The first-order chi connectivity index (χ1) is 9.06. The van der Waals surface area contributed by atoms with Crippen LogP contribution in [0.5, 0.6) is 0 Å². The lowest BCUT2D eigenvalue weighted by Gasteiger charge is -2.12. The third-order valence-electron chi connectivity index (χ3n) is 3.86. The summed E-state index contributed by atoms with van der Waals surface area (Å²) in [5.41, 5.74) is 1.23. The summed E-state index contributed by atoms with van der Waals surface area (Å²) in [6, 6.07) is 5.84. The zero-order valence-electron chi connectivity index (χ0n) is 11.3. The smallest absolute Gasteiger partial charge is 0.0707 e. The van der Waals surface area contributed by atoms with Crippen molar-refractivity contribution in [3.63, 3.8) is 0 Å². The molecule has 0 radical (unpaired) electrons. The number of β-amino-alcohol motifs (C(OH)–C–C–N with tert-alkyl or cyclic N) is 1. The molecule has 4 heteroatoms. The van der Waals surface area contributed by atoms with Crippen LogP contribution in [-0.4, -0.2) is 36.2 Å². The third-order valence-corrected chi connectivity index (χ3v) is 4.60. The number of aliphatic hydroxyl groups is 1. The summed E-state index contributed by atoms with van der Waals surface area (Å²) < 4.78 is 0. The fraction of sp³-hybridized carbons (Fsp3) is 0.600. The molecule has 106 valence electrons. The molecule has 2 nitrogen and oxygen atoms in total. The van der Waals surface area contributed by atoms with Gasteiger partial charge in [-0.1, -0.05) is 35.7 Å². The second-order valence-corrected chi connectivity index (χ2v) is 6.36. The van der Waals surface area contributed by atoms with Gasteiger partial charge in [-0.3, -0.25) is 0 Å². The molecule has 1 aliphatic rings. The monoisotopic (exact) mass is 301 g/mol. The van der Waals surface area contributed by atoms with Crippen LogP contribution in [0.1, 0.15) is 24.8 Å². The summed E-state index contributed by atoms with van der Waals surface area (Å²) >= 11 is 11.9. The lowest BCUT2D eigenvalue weighted by Crippen LogP contribution is -2.17. The minimum Gasteiger partial charge on any atom is -0.391 e. The van der Waals surface area contributed by atoms with Crippen molar-refractivity contribution in [1.29, 1.82) is 0 Å². The zero-order valence-corrected chi connectivity index (χ0v) is 12.8. The van der Waals surface area contributed by atoms with Crippen LogP contribution < -0.4 is 0 Å². The first-order valence-electron chi connectivity index (χ1n) is 6.87. The van der Waals surface area contributed by atoms with E-state index >= 15 is 0 Å². The Balaban J connectivity index is 1.70.